The molecule has 0 spiro atoms. The number of carboxylic acids is 1. The van der Waals surface area contributed by atoms with Crippen LogP contribution in [0, 0.1) is 6.92 Å². The maximum absolute atomic E-state index is 11.2. The molecule has 2 aromatic carbocycles. The number of aryl methyl sites for hydroxylation is 1. The van der Waals surface area contributed by atoms with Gasteiger partial charge in [0.1, 0.15) is 0 Å². The van der Waals surface area contributed by atoms with Gasteiger partial charge in [-0.05, 0) is 48.9 Å². The Labute approximate surface area is 119 Å². The number of anilines is 3. The first-order valence-corrected chi connectivity index (χ1v) is 6.42. The summed E-state index contributed by atoms with van der Waals surface area (Å²) < 4.78 is 0.927. The smallest absolute Gasteiger partial charge is 0.337 e. The quantitative estimate of drug-likeness (QED) is 0.752. The second kappa shape index (κ2) is 5.32. The van der Waals surface area contributed by atoms with E-state index < -0.39 is 5.97 Å². The van der Waals surface area contributed by atoms with Gasteiger partial charge < -0.3 is 16.2 Å². The molecule has 5 heteroatoms. The average Bonchev–Trinajstić information content (AvgIpc) is 2.26. The molecule has 0 aliphatic heterocycles. The summed E-state index contributed by atoms with van der Waals surface area (Å²) in [6, 6.07) is 10.5. The topological polar surface area (TPSA) is 75.3 Å². The van der Waals surface area contributed by atoms with Crippen molar-refractivity contribution in [2.45, 2.75) is 6.92 Å². The Morgan fingerprint density at radius 2 is 2.00 bits per heavy atom. The molecular weight excluding hydrogens is 308 g/mol. The van der Waals surface area contributed by atoms with Crippen LogP contribution in [0.1, 0.15) is 15.9 Å². The molecule has 0 radical (unpaired) electrons. The van der Waals surface area contributed by atoms with Gasteiger partial charge in [-0.1, -0.05) is 15.9 Å². The molecule has 0 bridgehead atoms. The van der Waals surface area contributed by atoms with E-state index in [0.717, 1.165) is 15.7 Å². The molecule has 0 amide bonds. The first-order valence-electron chi connectivity index (χ1n) is 5.63. The average molecular weight is 321 g/mol. The zero-order chi connectivity index (χ0) is 14.0. The van der Waals surface area contributed by atoms with Crippen molar-refractivity contribution in [3.8, 4) is 0 Å². The van der Waals surface area contributed by atoms with Gasteiger partial charge in [0, 0.05) is 15.8 Å². The van der Waals surface area contributed by atoms with E-state index in [2.05, 4.69) is 21.2 Å². The Morgan fingerprint density at radius 3 is 2.63 bits per heavy atom. The Morgan fingerprint density at radius 1 is 1.26 bits per heavy atom. The van der Waals surface area contributed by atoms with Crippen molar-refractivity contribution in [1.82, 2.24) is 0 Å². The first kappa shape index (κ1) is 13.4. The monoisotopic (exact) mass is 320 g/mol. The minimum absolute atomic E-state index is 0.187. The largest absolute Gasteiger partial charge is 0.478 e. The molecule has 0 aromatic heterocycles. The number of aromatic carboxylic acids is 1. The van der Waals surface area contributed by atoms with Crippen molar-refractivity contribution < 1.29 is 9.90 Å². The summed E-state index contributed by atoms with van der Waals surface area (Å²) in [5, 5.41) is 12.2. The lowest BCUT2D eigenvalue weighted by Crippen LogP contribution is -2.03. The number of carboxylic acid groups (broad SMARTS) is 1. The van der Waals surface area contributed by atoms with Gasteiger partial charge in [0.05, 0.1) is 11.3 Å². The summed E-state index contributed by atoms with van der Waals surface area (Å²) in [7, 11) is 0. The third-order valence-electron chi connectivity index (χ3n) is 2.60. The number of halogens is 1. The van der Waals surface area contributed by atoms with Gasteiger partial charge in [0.2, 0.25) is 0 Å². The highest BCUT2D eigenvalue weighted by molar-refractivity contribution is 9.10. The van der Waals surface area contributed by atoms with Crippen LogP contribution in [0.15, 0.2) is 40.9 Å². The van der Waals surface area contributed by atoms with Crippen molar-refractivity contribution in [1.29, 1.82) is 0 Å². The van der Waals surface area contributed by atoms with Crippen LogP contribution < -0.4 is 11.1 Å². The van der Waals surface area contributed by atoms with Gasteiger partial charge in [-0.25, -0.2) is 4.79 Å². The van der Waals surface area contributed by atoms with Crippen LogP contribution in [0.3, 0.4) is 0 Å². The minimum atomic E-state index is -0.991. The molecular formula is C14H13BrN2O2. The number of hydrogen-bond acceptors (Lipinski definition) is 3. The van der Waals surface area contributed by atoms with Crippen LogP contribution in [0.4, 0.5) is 17.1 Å². The lowest BCUT2D eigenvalue weighted by Gasteiger charge is -2.11. The fourth-order valence-corrected chi connectivity index (χ4v) is 2.42. The lowest BCUT2D eigenvalue weighted by atomic mass is 10.1. The molecule has 2 rings (SSSR count). The predicted molar refractivity (Wildman–Crippen MR) is 80.0 cm³/mol. The molecule has 2 aromatic rings. The van der Waals surface area contributed by atoms with Crippen LogP contribution in [-0.2, 0) is 0 Å². The molecule has 0 saturated heterocycles. The highest BCUT2D eigenvalue weighted by Gasteiger charge is 2.10. The molecule has 0 saturated carbocycles. The van der Waals surface area contributed by atoms with Crippen LogP contribution >= 0.6 is 15.9 Å². The van der Waals surface area contributed by atoms with Crippen molar-refractivity contribution >= 4 is 39.0 Å². The van der Waals surface area contributed by atoms with Gasteiger partial charge >= 0.3 is 5.97 Å². The molecule has 19 heavy (non-hydrogen) atoms. The highest BCUT2D eigenvalue weighted by atomic mass is 79.9. The molecule has 0 aliphatic rings. The van der Waals surface area contributed by atoms with Crippen molar-refractivity contribution in [3.63, 3.8) is 0 Å². The maximum Gasteiger partial charge on any atom is 0.337 e. The molecule has 0 heterocycles. The standard InChI is InChI=1S/C14H13BrN2O2/c1-8-4-9(15)6-11(5-8)17-13-7-10(16)2-3-12(13)14(18)19/h2-7,17H,16H2,1H3,(H,18,19). The highest BCUT2D eigenvalue weighted by Crippen LogP contribution is 2.26. The van der Waals surface area contributed by atoms with E-state index in [0.29, 0.717) is 11.4 Å². The number of nitrogens with two attached hydrogens (primary N) is 1. The zero-order valence-electron chi connectivity index (χ0n) is 10.3. The van der Waals surface area contributed by atoms with Crippen LogP contribution in [0.25, 0.3) is 0 Å². The lowest BCUT2D eigenvalue weighted by molar-refractivity contribution is 0.0698. The van der Waals surface area contributed by atoms with E-state index >= 15 is 0 Å². The Bertz CT molecular complexity index is 621. The van der Waals surface area contributed by atoms with E-state index in [4.69, 9.17) is 10.8 Å². The minimum Gasteiger partial charge on any atom is -0.478 e. The number of nitrogens with one attached hydrogen (secondary N) is 1. The Kier molecular flexibility index (Phi) is 3.76. The summed E-state index contributed by atoms with van der Waals surface area (Å²) in [4.78, 5) is 11.2. The van der Waals surface area contributed by atoms with Crippen LogP contribution in [0.2, 0.25) is 0 Å². The normalized spacial score (nSPS) is 10.2. The molecule has 0 fully saturated rings. The fourth-order valence-electron chi connectivity index (χ4n) is 1.82. The van der Waals surface area contributed by atoms with E-state index in [9.17, 15) is 4.79 Å². The van der Waals surface area contributed by atoms with Crippen LogP contribution in [-0.4, -0.2) is 11.1 Å². The van der Waals surface area contributed by atoms with Crippen molar-refractivity contribution in [3.05, 3.63) is 52.0 Å². The van der Waals surface area contributed by atoms with Gasteiger partial charge in [-0.2, -0.15) is 0 Å². The third kappa shape index (κ3) is 3.26. The first-order chi connectivity index (χ1) is 8.95. The maximum atomic E-state index is 11.2. The van der Waals surface area contributed by atoms with Gasteiger partial charge in [-0.15, -0.1) is 0 Å². The molecule has 98 valence electrons. The third-order valence-corrected chi connectivity index (χ3v) is 3.05. The number of hydrogen-bond donors (Lipinski definition) is 3. The van der Waals surface area contributed by atoms with E-state index in [1.807, 2.05) is 25.1 Å². The fraction of sp³-hybridized carbons (Fsp3) is 0.0714. The van der Waals surface area contributed by atoms with Crippen molar-refractivity contribution in [2.75, 3.05) is 11.1 Å². The van der Waals surface area contributed by atoms with Crippen molar-refractivity contribution in [2.24, 2.45) is 0 Å². The van der Waals surface area contributed by atoms with E-state index in [1.54, 1.807) is 12.1 Å². The van der Waals surface area contributed by atoms with Gasteiger partial charge in [-0.3, -0.25) is 0 Å². The number of rotatable bonds is 3. The molecule has 4 N–H and O–H groups in total. The molecule has 0 aliphatic carbocycles. The molecule has 0 atom stereocenters. The SMILES string of the molecule is Cc1cc(Br)cc(Nc2cc(N)ccc2C(=O)O)c1. The number of carbonyl (C=O) groups is 1. The van der Waals surface area contributed by atoms with Crippen LogP contribution in [0.5, 0.6) is 0 Å². The summed E-state index contributed by atoms with van der Waals surface area (Å²) in [6.45, 7) is 1.97. The summed E-state index contributed by atoms with van der Waals surface area (Å²) in [5.41, 5.74) is 8.75. The second-order valence-corrected chi connectivity index (χ2v) is 5.17. The van der Waals surface area contributed by atoms with Gasteiger partial charge in [0.15, 0.2) is 0 Å². The Hall–Kier alpha value is -2.01. The summed E-state index contributed by atoms with van der Waals surface area (Å²) in [6.07, 6.45) is 0. The van der Waals surface area contributed by atoms with E-state index in [-0.39, 0.29) is 5.56 Å². The van der Waals surface area contributed by atoms with Gasteiger partial charge in [0.25, 0.3) is 0 Å². The predicted octanol–water partition coefficient (Wildman–Crippen LogP) is 3.78. The zero-order valence-corrected chi connectivity index (χ0v) is 11.9. The summed E-state index contributed by atoms with van der Waals surface area (Å²) in [5.74, 6) is -0.991. The second-order valence-electron chi connectivity index (χ2n) is 4.25. The molecule has 4 nitrogen and oxygen atoms in total. The summed E-state index contributed by atoms with van der Waals surface area (Å²) >= 11 is 3.41. The molecule has 0 unspecified atom stereocenters. The number of nitrogen functional groups attached to an aromatic ring is 1. The Balaban J connectivity index is 2.42. The number of benzene rings is 2. The van der Waals surface area contributed by atoms with E-state index in [1.165, 1.54) is 6.07 Å².